The van der Waals surface area contributed by atoms with Crippen molar-refractivity contribution in [1.82, 2.24) is 0 Å². The van der Waals surface area contributed by atoms with E-state index < -0.39 is 0 Å². The quantitative estimate of drug-likeness (QED) is 0.372. The van der Waals surface area contributed by atoms with Gasteiger partial charge in [0.05, 0.1) is 39.0 Å². The van der Waals surface area contributed by atoms with E-state index in [4.69, 9.17) is 14.2 Å². The summed E-state index contributed by atoms with van der Waals surface area (Å²) in [6.45, 7) is 0. The van der Waals surface area contributed by atoms with Crippen LogP contribution in [0.3, 0.4) is 0 Å². The van der Waals surface area contributed by atoms with Gasteiger partial charge in [0.15, 0.2) is 11.5 Å². The molecule has 3 aromatic rings. The minimum absolute atomic E-state index is 0.0411. The SMILES string of the molecule is COc1cc(N2C(=O)C(c3ccccc3)C2c2ccc(SC)cc2)cc(OC)c1OC. The number of nitrogens with zero attached hydrogens (tertiary/aromatic N) is 1. The predicted molar refractivity (Wildman–Crippen MR) is 124 cm³/mol. The molecule has 1 aliphatic rings. The molecule has 1 fully saturated rings. The fraction of sp³-hybridized carbons (Fsp3) is 0.240. The molecule has 31 heavy (non-hydrogen) atoms. The van der Waals surface area contributed by atoms with E-state index in [1.54, 1.807) is 33.1 Å². The number of methoxy groups -OCH3 is 3. The average Bonchev–Trinajstić information content (AvgIpc) is 2.82. The number of β-lactam (4-membered cyclic amide) rings is 1. The molecular weight excluding hydrogens is 410 g/mol. The molecule has 0 aliphatic carbocycles. The Bertz CT molecular complexity index is 1040. The second kappa shape index (κ2) is 8.94. The van der Waals surface area contributed by atoms with Gasteiger partial charge in [-0.25, -0.2) is 0 Å². The van der Waals surface area contributed by atoms with Crippen LogP contribution in [0.15, 0.2) is 71.6 Å². The van der Waals surface area contributed by atoms with Gasteiger partial charge in [-0.2, -0.15) is 0 Å². The van der Waals surface area contributed by atoms with Crippen LogP contribution in [-0.4, -0.2) is 33.5 Å². The minimum atomic E-state index is -0.250. The van der Waals surface area contributed by atoms with Crippen LogP contribution in [0.1, 0.15) is 23.1 Å². The summed E-state index contributed by atoms with van der Waals surface area (Å²) >= 11 is 1.70. The molecule has 2 atom stereocenters. The second-order valence-corrected chi connectivity index (χ2v) is 8.08. The maximum absolute atomic E-state index is 13.4. The van der Waals surface area contributed by atoms with E-state index in [0.29, 0.717) is 22.9 Å². The average molecular weight is 436 g/mol. The Labute approximate surface area is 186 Å². The van der Waals surface area contributed by atoms with E-state index in [2.05, 4.69) is 30.5 Å². The van der Waals surface area contributed by atoms with Crippen LogP contribution in [-0.2, 0) is 4.79 Å². The summed E-state index contributed by atoms with van der Waals surface area (Å²) < 4.78 is 16.5. The number of carbonyl (C=O) groups excluding carboxylic acids is 1. The van der Waals surface area contributed by atoms with Crippen molar-refractivity contribution >= 4 is 23.4 Å². The Hall–Kier alpha value is -3.12. The normalized spacial score (nSPS) is 17.8. The first-order chi connectivity index (χ1) is 15.1. The van der Waals surface area contributed by atoms with Crippen molar-refractivity contribution in [1.29, 1.82) is 0 Å². The van der Waals surface area contributed by atoms with Crippen LogP contribution in [0.25, 0.3) is 0 Å². The first-order valence-electron chi connectivity index (χ1n) is 9.95. The molecule has 0 spiro atoms. The molecule has 1 aliphatic heterocycles. The Morgan fingerprint density at radius 2 is 1.42 bits per heavy atom. The van der Waals surface area contributed by atoms with E-state index in [9.17, 15) is 4.79 Å². The summed E-state index contributed by atoms with van der Waals surface area (Å²) in [5.74, 6) is 1.33. The Balaban J connectivity index is 1.81. The molecule has 4 rings (SSSR count). The van der Waals surface area contributed by atoms with E-state index >= 15 is 0 Å². The maximum Gasteiger partial charge on any atom is 0.237 e. The van der Waals surface area contributed by atoms with Crippen molar-refractivity contribution in [3.8, 4) is 17.2 Å². The molecule has 0 saturated carbocycles. The van der Waals surface area contributed by atoms with Gasteiger partial charge in [0.2, 0.25) is 11.7 Å². The summed E-state index contributed by atoms with van der Waals surface area (Å²) in [6, 6.07) is 21.8. The van der Waals surface area contributed by atoms with Crippen LogP contribution in [0.4, 0.5) is 5.69 Å². The van der Waals surface area contributed by atoms with Crippen LogP contribution in [0.2, 0.25) is 0 Å². The zero-order valence-electron chi connectivity index (χ0n) is 18.0. The van der Waals surface area contributed by atoms with Gasteiger partial charge in [0, 0.05) is 17.0 Å². The lowest BCUT2D eigenvalue weighted by atomic mass is 9.77. The fourth-order valence-electron chi connectivity index (χ4n) is 4.11. The largest absolute Gasteiger partial charge is 0.493 e. The molecule has 0 bridgehead atoms. The molecule has 5 nitrogen and oxygen atoms in total. The van der Waals surface area contributed by atoms with Crippen molar-refractivity contribution in [3.63, 3.8) is 0 Å². The van der Waals surface area contributed by atoms with E-state index in [0.717, 1.165) is 11.1 Å². The van der Waals surface area contributed by atoms with E-state index in [1.165, 1.54) is 4.90 Å². The molecule has 1 amide bonds. The predicted octanol–water partition coefficient (Wildman–Crippen LogP) is 5.31. The Morgan fingerprint density at radius 1 is 0.806 bits per heavy atom. The molecule has 0 radical (unpaired) electrons. The summed E-state index contributed by atoms with van der Waals surface area (Å²) in [5, 5.41) is 0. The highest BCUT2D eigenvalue weighted by molar-refractivity contribution is 7.98. The molecule has 160 valence electrons. The van der Waals surface area contributed by atoms with Gasteiger partial charge in [-0.1, -0.05) is 42.5 Å². The molecule has 2 unspecified atom stereocenters. The molecule has 6 heteroatoms. The highest BCUT2D eigenvalue weighted by atomic mass is 32.2. The highest BCUT2D eigenvalue weighted by Crippen LogP contribution is 2.51. The molecule has 0 N–H and O–H groups in total. The summed E-state index contributed by atoms with van der Waals surface area (Å²) in [6.07, 6.45) is 2.05. The highest BCUT2D eigenvalue weighted by Gasteiger charge is 2.50. The van der Waals surface area contributed by atoms with Crippen molar-refractivity contribution < 1.29 is 19.0 Å². The van der Waals surface area contributed by atoms with Crippen LogP contribution >= 0.6 is 11.8 Å². The number of benzene rings is 3. The third-order valence-corrected chi connectivity index (χ3v) is 6.38. The number of anilines is 1. The Kier molecular flexibility index (Phi) is 6.09. The van der Waals surface area contributed by atoms with Gasteiger partial charge in [0.1, 0.15) is 0 Å². The lowest BCUT2D eigenvalue weighted by Gasteiger charge is -2.48. The van der Waals surface area contributed by atoms with E-state index in [-0.39, 0.29) is 17.9 Å². The molecule has 3 aromatic carbocycles. The third kappa shape index (κ3) is 3.72. The molecule has 1 saturated heterocycles. The van der Waals surface area contributed by atoms with Crippen LogP contribution < -0.4 is 19.1 Å². The number of carbonyl (C=O) groups is 1. The zero-order valence-corrected chi connectivity index (χ0v) is 18.8. The second-order valence-electron chi connectivity index (χ2n) is 7.20. The van der Waals surface area contributed by atoms with Crippen LogP contribution in [0.5, 0.6) is 17.2 Å². The van der Waals surface area contributed by atoms with Gasteiger partial charge >= 0.3 is 0 Å². The summed E-state index contributed by atoms with van der Waals surface area (Å²) in [7, 11) is 4.71. The number of ether oxygens (including phenoxy) is 3. The third-order valence-electron chi connectivity index (χ3n) is 5.64. The number of rotatable bonds is 7. The number of thioether (sulfide) groups is 1. The lowest BCUT2D eigenvalue weighted by Crippen LogP contribution is -2.53. The summed E-state index contributed by atoms with van der Waals surface area (Å²) in [4.78, 5) is 16.4. The van der Waals surface area contributed by atoms with Gasteiger partial charge in [-0.3, -0.25) is 4.79 Å². The summed E-state index contributed by atoms with van der Waals surface area (Å²) in [5.41, 5.74) is 2.81. The zero-order chi connectivity index (χ0) is 22.0. The van der Waals surface area contributed by atoms with Gasteiger partial charge < -0.3 is 19.1 Å². The van der Waals surface area contributed by atoms with Gasteiger partial charge in [-0.15, -0.1) is 11.8 Å². The fourth-order valence-corrected chi connectivity index (χ4v) is 4.52. The molecule has 1 heterocycles. The smallest absolute Gasteiger partial charge is 0.237 e. The first-order valence-corrected chi connectivity index (χ1v) is 11.2. The molecular formula is C25H25NO4S. The number of hydrogen-bond donors (Lipinski definition) is 0. The Morgan fingerprint density at radius 3 is 1.94 bits per heavy atom. The lowest BCUT2D eigenvalue weighted by molar-refractivity contribution is -0.126. The van der Waals surface area contributed by atoms with Gasteiger partial charge in [-0.05, 0) is 29.5 Å². The number of hydrogen-bond acceptors (Lipinski definition) is 5. The van der Waals surface area contributed by atoms with Crippen LogP contribution in [0, 0.1) is 0 Å². The van der Waals surface area contributed by atoms with Gasteiger partial charge in [0.25, 0.3) is 0 Å². The van der Waals surface area contributed by atoms with Crippen molar-refractivity contribution in [3.05, 3.63) is 77.9 Å². The van der Waals surface area contributed by atoms with Crippen molar-refractivity contribution in [2.45, 2.75) is 16.9 Å². The van der Waals surface area contributed by atoms with E-state index in [1.807, 2.05) is 47.4 Å². The topological polar surface area (TPSA) is 48.0 Å². The molecule has 0 aromatic heterocycles. The monoisotopic (exact) mass is 435 g/mol. The van der Waals surface area contributed by atoms with Crippen molar-refractivity contribution in [2.75, 3.05) is 32.5 Å². The van der Waals surface area contributed by atoms with Crippen molar-refractivity contribution in [2.24, 2.45) is 0 Å². The number of amides is 1. The standard InChI is InChI=1S/C25H25NO4S/c1-28-20-14-18(15-21(29-2)24(20)30-3)26-23(17-10-12-19(31-4)13-11-17)22(25(26)27)16-8-6-5-7-9-16/h5-15,22-23H,1-4H3. The minimum Gasteiger partial charge on any atom is -0.493 e. The first kappa shape index (κ1) is 21.1. The maximum atomic E-state index is 13.4.